The Bertz CT molecular complexity index is 462. The average molecular weight is 293 g/mol. The summed E-state index contributed by atoms with van der Waals surface area (Å²) in [4.78, 5) is 12.1. The number of benzene rings is 1. The van der Waals surface area contributed by atoms with Crippen LogP contribution in [0.4, 0.5) is 0 Å². The van der Waals surface area contributed by atoms with Gasteiger partial charge in [-0.1, -0.05) is 12.1 Å². The highest BCUT2D eigenvalue weighted by molar-refractivity contribution is 5.91. The van der Waals surface area contributed by atoms with Crippen molar-refractivity contribution in [3.63, 3.8) is 0 Å². The molecule has 0 aliphatic carbocycles. The minimum Gasteiger partial charge on any atom is -0.460 e. The first-order valence-electron chi connectivity index (χ1n) is 7.38. The third-order valence-corrected chi connectivity index (χ3v) is 3.46. The molecule has 2 rings (SSSR count). The fourth-order valence-corrected chi connectivity index (χ4v) is 2.40. The van der Waals surface area contributed by atoms with E-state index in [0.717, 1.165) is 31.5 Å². The van der Waals surface area contributed by atoms with Crippen molar-refractivity contribution in [2.75, 3.05) is 40.1 Å². The van der Waals surface area contributed by atoms with Crippen molar-refractivity contribution in [3.05, 3.63) is 34.9 Å². The van der Waals surface area contributed by atoms with E-state index >= 15 is 0 Å². The van der Waals surface area contributed by atoms with Crippen molar-refractivity contribution < 1.29 is 19.0 Å². The Balaban J connectivity index is 1.76. The summed E-state index contributed by atoms with van der Waals surface area (Å²) in [5.41, 5.74) is 2.99. The molecule has 0 fully saturated rings. The second-order valence-corrected chi connectivity index (χ2v) is 4.96. The standard InChI is InChI=1S/C16H23NO4/c1-19-8-3-9-20-10-11-21-16(18)15-5-2-4-13-12-17-7-6-14(13)15/h2,4-5,17H,3,6-12H2,1H3. The van der Waals surface area contributed by atoms with Crippen LogP contribution in [0, 0.1) is 0 Å². The molecule has 5 heteroatoms. The fourth-order valence-electron chi connectivity index (χ4n) is 2.40. The van der Waals surface area contributed by atoms with Gasteiger partial charge in [-0.2, -0.15) is 0 Å². The van der Waals surface area contributed by atoms with Gasteiger partial charge in [-0.25, -0.2) is 4.79 Å². The SMILES string of the molecule is COCCCOCCOC(=O)c1cccc2c1CCNC2. The first-order chi connectivity index (χ1) is 10.3. The van der Waals surface area contributed by atoms with Gasteiger partial charge in [0, 0.05) is 26.9 Å². The lowest BCUT2D eigenvalue weighted by atomic mass is 9.95. The summed E-state index contributed by atoms with van der Waals surface area (Å²) in [7, 11) is 1.66. The van der Waals surface area contributed by atoms with E-state index in [9.17, 15) is 4.79 Å². The van der Waals surface area contributed by atoms with E-state index in [1.54, 1.807) is 7.11 Å². The van der Waals surface area contributed by atoms with Gasteiger partial charge >= 0.3 is 5.97 Å². The zero-order valence-corrected chi connectivity index (χ0v) is 12.5. The van der Waals surface area contributed by atoms with Gasteiger partial charge in [0.1, 0.15) is 6.61 Å². The molecule has 1 aliphatic rings. The molecule has 0 spiro atoms. The molecular weight excluding hydrogens is 270 g/mol. The molecule has 21 heavy (non-hydrogen) atoms. The van der Waals surface area contributed by atoms with E-state index in [1.165, 1.54) is 5.56 Å². The molecular formula is C16H23NO4. The quantitative estimate of drug-likeness (QED) is 0.582. The normalized spacial score (nSPS) is 13.8. The predicted octanol–water partition coefficient (Wildman–Crippen LogP) is 1.54. The Hall–Kier alpha value is -1.43. The average Bonchev–Trinajstić information content (AvgIpc) is 2.53. The van der Waals surface area contributed by atoms with Crippen molar-refractivity contribution in [2.45, 2.75) is 19.4 Å². The monoisotopic (exact) mass is 293 g/mol. The van der Waals surface area contributed by atoms with Gasteiger partial charge in [-0.05, 0) is 36.6 Å². The molecule has 1 aliphatic heterocycles. The second kappa shape index (κ2) is 8.77. The smallest absolute Gasteiger partial charge is 0.338 e. The first kappa shape index (κ1) is 15.9. The molecule has 0 saturated carbocycles. The van der Waals surface area contributed by atoms with Crippen LogP contribution in [-0.2, 0) is 27.2 Å². The topological polar surface area (TPSA) is 56.8 Å². The van der Waals surface area contributed by atoms with Crippen LogP contribution in [0.25, 0.3) is 0 Å². The molecule has 0 radical (unpaired) electrons. The fraction of sp³-hybridized carbons (Fsp3) is 0.562. The molecule has 116 valence electrons. The maximum absolute atomic E-state index is 12.1. The molecule has 1 N–H and O–H groups in total. The van der Waals surface area contributed by atoms with Gasteiger partial charge in [-0.3, -0.25) is 0 Å². The number of esters is 1. The van der Waals surface area contributed by atoms with Crippen molar-refractivity contribution in [1.29, 1.82) is 0 Å². The summed E-state index contributed by atoms with van der Waals surface area (Å²) in [5, 5.41) is 3.30. The van der Waals surface area contributed by atoms with Gasteiger partial charge in [0.05, 0.1) is 12.2 Å². The number of rotatable bonds is 8. The molecule has 0 unspecified atom stereocenters. The lowest BCUT2D eigenvalue weighted by Gasteiger charge is -2.19. The third kappa shape index (κ3) is 4.81. The molecule has 0 atom stereocenters. The second-order valence-electron chi connectivity index (χ2n) is 4.96. The highest BCUT2D eigenvalue weighted by Gasteiger charge is 2.17. The minimum absolute atomic E-state index is 0.255. The Morgan fingerprint density at radius 1 is 1.24 bits per heavy atom. The number of carbonyl (C=O) groups excluding carboxylic acids is 1. The maximum atomic E-state index is 12.1. The summed E-state index contributed by atoms with van der Waals surface area (Å²) in [5.74, 6) is -0.255. The number of hydrogen-bond donors (Lipinski definition) is 1. The zero-order chi connectivity index (χ0) is 14.9. The van der Waals surface area contributed by atoms with Crippen LogP contribution in [0.15, 0.2) is 18.2 Å². The van der Waals surface area contributed by atoms with E-state index in [-0.39, 0.29) is 12.6 Å². The summed E-state index contributed by atoms with van der Waals surface area (Å²) in [6, 6.07) is 5.80. The largest absolute Gasteiger partial charge is 0.460 e. The van der Waals surface area contributed by atoms with E-state index in [0.29, 0.717) is 25.4 Å². The van der Waals surface area contributed by atoms with Crippen molar-refractivity contribution >= 4 is 5.97 Å². The number of nitrogens with one attached hydrogen (secondary N) is 1. The number of methoxy groups -OCH3 is 1. The van der Waals surface area contributed by atoms with Crippen LogP contribution < -0.4 is 5.32 Å². The Morgan fingerprint density at radius 3 is 3.00 bits per heavy atom. The van der Waals surface area contributed by atoms with E-state index < -0.39 is 0 Å². The number of hydrogen-bond acceptors (Lipinski definition) is 5. The summed E-state index contributed by atoms with van der Waals surface area (Å²) >= 11 is 0. The summed E-state index contributed by atoms with van der Waals surface area (Å²) in [6.07, 6.45) is 1.72. The van der Waals surface area contributed by atoms with Crippen molar-refractivity contribution in [3.8, 4) is 0 Å². The Labute approximate surface area is 125 Å². The van der Waals surface area contributed by atoms with Crippen LogP contribution in [0.5, 0.6) is 0 Å². The van der Waals surface area contributed by atoms with Crippen LogP contribution in [0.3, 0.4) is 0 Å². The molecule has 0 bridgehead atoms. The predicted molar refractivity (Wildman–Crippen MR) is 79.4 cm³/mol. The van der Waals surface area contributed by atoms with Crippen molar-refractivity contribution in [2.24, 2.45) is 0 Å². The number of carbonyl (C=O) groups is 1. The number of fused-ring (bicyclic) bond motifs is 1. The van der Waals surface area contributed by atoms with Gasteiger partial charge in [0.2, 0.25) is 0 Å². The molecule has 0 aromatic heterocycles. The van der Waals surface area contributed by atoms with Crippen LogP contribution in [0.1, 0.15) is 27.9 Å². The summed E-state index contributed by atoms with van der Waals surface area (Å²) < 4.78 is 15.6. The van der Waals surface area contributed by atoms with Gasteiger partial charge in [0.25, 0.3) is 0 Å². The highest BCUT2D eigenvalue weighted by atomic mass is 16.6. The van der Waals surface area contributed by atoms with Gasteiger partial charge in [-0.15, -0.1) is 0 Å². The highest BCUT2D eigenvalue weighted by Crippen LogP contribution is 2.19. The van der Waals surface area contributed by atoms with Crippen LogP contribution >= 0.6 is 0 Å². The van der Waals surface area contributed by atoms with E-state index in [4.69, 9.17) is 14.2 Å². The van der Waals surface area contributed by atoms with Crippen LogP contribution in [-0.4, -0.2) is 46.1 Å². The summed E-state index contributed by atoms with van der Waals surface area (Å²) in [6.45, 7) is 3.74. The molecule has 0 saturated heterocycles. The number of ether oxygens (including phenoxy) is 3. The van der Waals surface area contributed by atoms with Gasteiger partial charge in [0.15, 0.2) is 0 Å². The Morgan fingerprint density at radius 2 is 2.14 bits per heavy atom. The maximum Gasteiger partial charge on any atom is 0.338 e. The molecule has 0 amide bonds. The molecule has 1 aromatic carbocycles. The van der Waals surface area contributed by atoms with E-state index in [2.05, 4.69) is 11.4 Å². The van der Waals surface area contributed by atoms with Crippen molar-refractivity contribution in [1.82, 2.24) is 5.32 Å². The lowest BCUT2D eigenvalue weighted by molar-refractivity contribution is 0.0287. The van der Waals surface area contributed by atoms with Crippen LogP contribution in [0.2, 0.25) is 0 Å². The van der Waals surface area contributed by atoms with Gasteiger partial charge < -0.3 is 19.5 Å². The Kier molecular flexibility index (Phi) is 6.66. The third-order valence-electron chi connectivity index (χ3n) is 3.46. The first-order valence-corrected chi connectivity index (χ1v) is 7.38. The minimum atomic E-state index is -0.255. The molecule has 5 nitrogen and oxygen atoms in total. The molecule has 1 heterocycles. The van der Waals surface area contributed by atoms with E-state index in [1.807, 2.05) is 12.1 Å². The lowest BCUT2D eigenvalue weighted by Crippen LogP contribution is -2.26. The zero-order valence-electron chi connectivity index (χ0n) is 12.5. The molecule has 1 aromatic rings.